The van der Waals surface area contributed by atoms with E-state index < -0.39 is 10.0 Å². The molecule has 0 spiro atoms. The molecule has 0 aliphatic rings. The van der Waals surface area contributed by atoms with Crippen LogP contribution < -0.4 is 9.54 Å². The van der Waals surface area contributed by atoms with E-state index in [4.69, 9.17) is 11.2 Å². The van der Waals surface area contributed by atoms with Gasteiger partial charge in [-0.2, -0.15) is 8.42 Å². The normalized spacial score (nSPS) is 12.2. The quantitative estimate of drug-likeness (QED) is 0.674. The van der Waals surface area contributed by atoms with Gasteiger partial charge in [-0.25, -0.2) is 0 Å². The summed E-state index contributed by atoms with van der Waals surface area (Å²) >= 11 is 1.29. The maximum atomic E-state index is 12.6. The molecule has 24 heavy (non-hydrogen) atoms. The van der Waals surface area contributed by atoms with Crippen LogP contribution in [-0.4, -0.2) is 20.1 Å². The number of benzene rings is 2. The average Bonchev–Trinajstić information content (AvgIpc) is 2.92. The van der Waals surface area contributed by atoms with E-state index in [-0.39, 0.29) is 11.4 Å². The first-order chi connectivity index (χ1) is 11.5. The Labute approximate surface area is 143 Å². The number of methoxy groups -OCH3 is 1. The predicted octanol–water partition coefficient (Wildman–Crippen LogP) is 2.63. The Bertz CT molecular complexity index is 1090. The van der Waals surface area contributed by atoms with Gasteiger partial charge in [-0.1, -0.05) is 29.4 Å². The minimum absolute atomic E-state index is 0.105. The molecule has 2 aromatic carbocycles. The smallest absolute Gasteiger partial charge is 0.285 e. The van der Waals surface area contributed by atoms with Crippen molar-refractivity contribution in [3.63, 3.8) is 0 Å². The summed E-state index contributed by atoms with van der Waals surface area (Å²) in [7, 11) is -2.31. The maximum Gasteiger partial charge on any atom is 0.285 e. The second-order valence-corrected chi connectivity index (χ2v) is 7.50. The van der Waals surface area contributed by atoms with Crippen LogP contribution in [0.2, 0.25) is 0 Å². The third-order valence-corrected chi connectivity index (χ3v) is 5.85. The second-order valence-electron chi connectivity index (χ2n) is 4.88. The highest BCUT2D eigenvalue weighted by molar-refractivity contribution is 7.90. The number of aromatic nitrogens is 1. The van der Waals surface area contributed by atoms with Crippen molar-refractivity contribution in [2.75, 3.05) is 7.11 Å². The Balaban J connectivity index is 2.17. The van der Waals surface area contributed by atoms with E-state index in [1.54, 1.807) is 16.7 Å². The van der Waals surface area contributed by atoms with Crippen molar-refractivity contribution < 1.29 is 13.2 Å². The predicted molar refractivity (Wildman–Crippen MR) is 94.4 cm³/mol. The van der Waals surface area contributed by atoms with Crippen molar-refractivity contribution in [3.8, 4) is 18.1 Å². The van der Waals surface area contributed by atoms with Crippen molar-refractivity contribution in [2.45, 2.75) is 11.4 Å². The fraction of sp³-hybridized carbons (Fsp3) is 0.118. The summed E-state index contributed by atoms with van der Waals surface area (Å²) in [6.45, 7) is 0.251. The zero-order valence-corrected chi connectivity index (χ0v) is 14.5. The van der Waals surface area contributed by atoms with Gasteiger partial charge in [0.25, 0.3) is 10.0 Å². The Morgan fingerprint density at radius 3 is 2.58 bits per heavy atom. The maximum absolute atomic E-state index is 12.6. The lowest BCUT2D eigenvalue weighted by atomic mass is 10.3. The molecule has 0 aliphatic carbocycles. The van der Waals surface area contributed by atoms with Crippen LogP contribution in [0.15, 0.2) is 57.8 Å². The van der Waals surface area contributed by atoms with Gasteiger partial charge >= 0.3 is 0 Å². The largest absolute Gasteiger partial charge is 0.497 e. The number of ether oxygens (including phenoxy) is 1. The molecule has 5 nitrogen and oxygen atoms in total. The number of rotatable bonds is 4. The number of fused-ring (bicyclic) bond motifs is 1. The number of sulfonamides is 1. The molecular formula is C17H14N2O3S2. The van der Waals surface area contributed by atoms with Crippen molar-refractivity contribution in [1.29, 1.82) is 0 Å². The number of terminal acetylenes is 1. The molecule has 0 aliphatic heterocycles. The zero-order chi connectivity index (χ0) is 17.2. The summed E-state index contributed by atoms with van der Waals surface area (Å²) in [5.74, 6) is 3.12. The number of hydrogen-bond donors (Lipinski definition) is 0. The molecule has 1 heterocycles. The van der Waals surface area contributed by atoms with Crippen molar-refractivity contribution >= 4 is 31.6 Å². The molecule has 0 saturated carbocycles. The lowest BCUT2D eigenvalue weighted by Gasteiger charge is -2.02. The Hall–Kier alpha value is -2.56. The number of para-hydroxylation sites is 1. The molecule has 1 aromatic heterocycles. The molecule has 3 aromatic rings. The molecule has 0 fully saturated rings. The van der Waals surface area contributed by atoms with Crippen LogP contribution in [0, 0.1) is 12.3 Å². The fourth-order valence-corrected chi connectivity index (χ4v) is 4.47. The number of thiazole rings is 1. The van der Waals surface area contributed by atoms with E-state index >= 15 is 0 Å². The van der Waals surface area contributed by atoms with Gasteiger partial charge in [0.15, 0.2) is 0 Å². The second kappa shape index (κ2) is 6.51. The summed E-state index contributed by atoms with van der Waals surface area (Å²) in [6, 6.07) is 13.7. The highest BCUT2D eigenvalue weighted by Crippen LogP contribution is 2.19. The van der Waals surface area contributed by atoms with Crippen molar-refractivity contribution in [1.82, 2.24) is 4.57 Å². The van der Waals surface area contributed by atoms with Gasteiger partial charge in [0, 0.05) is 0 Å². The van der Waals surface area contributed by atoms with E-state index in [1.807, 2.05) is 24.3 Å². The molecule has 122 valence electrons. The van der Waals surface area contributed by atoms with Crippen molar-refractivity contribution in [3.05, 3.63) is 53.3 Å². The Kier molecular flexibility index (Phi) is 4.42. The highest BCUT2D eigenvalue weighted by Gasteiger charge is 2.14. The van der Waals surface area contributed by atoms with Gasteiger partial charge in [0.05, 0.1) is 28.8 Å². The molecule has 0 radical (unpaired) electrons. The van der Waals surface area contributed by atoms with E-state index in [9.17, 15) is 8.42 Å². The van der Waals surface area contributed by atoms with Gasteiger partial charge in [0.2, 0.25) is 4.80 Å². The first kappa shape index (κ1) is 16.3. The average molecular weight is 358 g/mol. The van der Waals surface area contributed by atoms with Gasteiger partial charge in [-0.3, -0.25) is 0 Å². The molecule has 0 N–H and O–H groups in total. The van der Waals surface area contributed by atoms with E-state index in [0.29, 0.717) is 10.6 Å². The lowest BCUT2D eigenvalue weighted by Crippen LogP contribution is -2.16. The summed E-state index contributed by atoms with van der Waals surface area (Å²) in [6.07, 6.45) is 5.42. The van der Waals surface area contributed by atoms with Gasteiger partial charge < -0.3 is 9.30 Å². The Morgan fingerprint density at radius 1 is 1.21 bits per heavy atom. The monoisotopic (exact) mass is 358 g/mol. The van der Waals surface area contributed by atoms with E-state index in [1.165, 1.54) is 30.6 Å². The zero-order valence-electron chi connectivity index (χ0n) is 12.8. The molecule has 0 saturated heterocycles. The minimum Gasteiger partial charge on any atom is -0.497 e. The molecule has 0 amide bonds. The molecule has 0 atom stereocenters. The molecule has 3 rings (SSSR count). The number of hydrogen-bond acceptors (Lipinski definition) is 4. The standard InChI is InChI=1S/C17H14N2O3S2/c1-3-12-19-15-6-4-5-7-16(15)23-17(19)18-24(20,21)14-10-8-13(22-2)9-11-14/h1,4-11H,12H2,2H3/b18-17-. The summed E-state index contributed by atoms with van der Waals surface area (Å²) in [5.41, 5.74) is 0.865. The molecule has 0 bridgehead atoms. The third-order valence-electron chi connectivity index (χ3n) is 3.39. The van der Waals surface area contributed by atoms with Gasteiger partial charge in [0.1, 0.15) is 5.75 Å². The highest BCUT2D eigenvalue weighted by atomic mass is 32.2. The Morgan fingerprint density at radius 2 is 1.92 bits per heavy atom. The fourth-order valence-electron chi connectivity index (χ4n) is 2.24. The lowest BCUT2D eigenvalue weighted by molar-refractivity contribution is 0.414. The number of nitrogens with zero attached hydrogens (tertiary/aromatic N) is 2. The summed E-state index contributed by atoms with van der Waals surface area (Å²) in [5, 5.41) is 0. The van der Waals surface area contributed by atoms with Crippen molar-refractivity contribution in [2.24, 2.45) is 4.40 Å². The first-order valence-corrected chi connectivity index (χ1v) is 9.28. The van der Waals surface area contributed by atoms with Crippen LogP contribution >= 0.6 is 11.3 Å². The van der Waals surface area contributed by atoms with Crippen LogP contribution in [0.4, 0.5) is 0 Å². The summed E-state index contributed by atoms with van der Waals surface area (Å²) in [4.78, 5) is 0.456. The van der Waals surface area contributed by atoms with E-state index in [0.717, 1.165) is 10.2 Å². The molecule has 0 unspecified atom stereocenters. The van der Waals surface area contributed by atoms with E-state index in [2.05, 4.69) is 10.3 Å². The molecule has 7 heteroatoms. The SMILES string of the molecule is C#CCn1/c(=N/S(=O)(=O)c2ccc(OC)cc2)sc2ccccc21. The molecular weight excluding hydrogens is 344 g/mol. The van der Waals surface area contributed by atoms with Crippen LogP contribution in [0.1, 0.15) is 0 Å². The van der Waals surface area contributed by atoms with Gasteiger partial charge in [-0.15, -0.1) is 10.8 Å². The van der Waals surface area contributed by atoms with Crippen LogP contribution in [0.5, 0.6) is 5.75 Å². The topological polar surface area (TPSA) is 60.7 Å². The summed E-state index contributed by atoms with van der Waals surface area (Å²) < 4.78 is 36.8. The third kappa shape index (κ3) is 3.07. The van der Waals surface area contributed by atoms with Crippen LogP contribution in [-0.2, 0) is 16.6 Å². The first-order valence-electron chi connectivity index (χ1n) is 7.02. The van der Waals surface area contributed by atoms with Gasteiger partial charge in [-0.05, 0) is 36.4 Å². The van der Waals surface area contributed by atoms with Crippen LogP contribution in [0.3, 0.4) is 0 Å². The minimum atomic E-state index is -3.84. The van der Waals surface area contributed by atoms with Crippen LogP contribution in [0.25, 0.3) is 10.2 Å².